The zero-order chi connectivity index (χ0) is 21.0. The number of aromatic nitrogens is 2. The summed E-state index contributed by atoms with van der Waals surface area (Å²) in [5, 5.41) is 4.54. The van der Waals surface area contributed by atoms with Crippen LogP contribution in [-0.2, 0) is 17.6 Å². The molecule has 1 aromatic carbocycles. The van der Waals surface area contributed by atoms with E-state index in [1.807, 2.05) is 13.1 Å². The zero-order valence-electron chi connectivity index (χ0n) is 18.6. The van der Waals surface area contributed by atoms with E-state index in [4.69, 9.17) is 4.74 Å². The van der Waals surface area contributed by atoms with Crippen molar-refractivity contribution in [3.05, 3.63) is 41.7 Å². The van der Waals surface area contributed by atoms with Gasteiger partial charge in [0.25, 0.3) is 0 Å². The van der Waals surface area contributed by atoms with E-state index >= 15 is 0 Å². The van der Waals surface area contributed by atoms with Crippen LogP contribution >= 0.6 is 35.5 Å². The summed E-state index contributed by atoms with van der Waals surface area (Å²) < 4.78 is 10.2. The van der Waals surface area contributed by atoms with Crippen molar-refractivity contribution in [3.8, 4) is 0 Å². The standard InChI is InChI=1S/C22H34N6OS.HI/c1-3-20-25-22(30-26-20)28-15-13-27(14-16-28)21(23-2)24-12-7-8-17-29-18-11-19-9-5-4-6-10-19;/h4-6,9-10H,3,7-8,11-18H2,1-2H3,(H,23,24);1H. The molecule has 0 unspecified atom stereocenters. The summed E-state index contributed by atoms with van der Waals surface area (Å²) in [4.78, 5) is 13.7. The lowest BCUT2D eigenvalue weighted by atomic mass is 10.2. The summed E-state index contributed by atoms with van der Waals surface area (Å²) in [6.07, 6.45) is 4.01. The third-order valence-corrected chi connectivity index (χ3v) is 6.03. The molecular formula is C22H35IN6OS. The number of hydrogen-bond acceptors (Lipinski definition) is 6. The molecule has 1 N–H and O–H groups in total. The van der Waals surface area contributed by atoms with E-state index in [-0.39, 0.29) is 24.0 Å². The molecule has 7 nitrogen and oxygen atoms in total. The van der Waals surface area contributed by atoms with E-state index in [9.17, 15) is 0 Å². The van der Waals surface area contributed by atoms with Crippen molar-refractivity contribution in [1.82, 2.24) is 19.6 Å². The van der Waals surface area contributed by atoms with Gasteiger partial charge in [0.1, 0.15) is 5.82 Å². The van der Waals surface area contributed by atoms with Crippen molar-refractivity contribution >= 4 is 46.6 Å². The van der Waals surface area contributed by atoms with Gasteiger partial charge in [0.2, 0.25) is 5.13 Å². The van der Waals surface area contributed by atoms with Crippen LogP contribution in [0.5, 0.6) is 0 Å². The van der Waals surface area contributed by atoms with Gasteiger partial charge in [-0.15, -0.1) is 24.0 Å². The van der Waals surface area contributed by atoms with Gasteiger partial charge in [-0.1, -0.05) is 37.3 Å². The minimum Gasteiger partial charge on any atom is -0.381 e. The summed E-state index contributed by atoms with van der Waals surface area (Å²) in [6, 6.07) is 10.5. The number of nitrogens with zero attached hydrogens (tertiary/aromatic N) is 5. The average molecular weight is 559 g/mol. The number of anilines is 1. The van der Waals surface area contributed by atoms with Crippen molar-refractivity contribution in [2.24, 2.45) is 4.99 Å². The van der Waals surface area contributed by atoms with Gasteiger partial charge in [0.05, 0.1) is 6.61 Å². The smallest absolute Gasteiger partial charge is 0.205 e. The third-order valence-electron chi connectivity index (χ3n) is 5.21. The van der Waals surface area contributed by atoms with Gasteiger partial charge in [-0.2, -0.15) is 4.37 Å². The number of aryl methyl sites for hydroxylation is 1. The number of aliphatic imine (C=N–C) groups is 1. The summed E-state index contributed by atoms with van der Waals surface area (Å²) in [7, 11) is 1.86. The topological polar surface area (TPSA) is 65.9 Å². The minimum atomic E-state index is 0. The van der Waals surface area contributed by atoms with Crippen LogP contribution in [0.25, 0.3) is 0 Å². The summed E-state index contributed by atoms with van der Waals surface area (Å²) in [5.74, 6) is 1.94. The van der Waals surface area contributed by atoms with Crippen molar-refractivity contribution in [2.45, 2.75) is 32.6 Å². The molecule has 1 aliphatic heterocycles. The monoisotopic (exact) mass is 558 g/mol. The van der Waals surface area contributed by atoms with Gasteiger partial charge in [0, 0.05) is 64.3 Å². The highest BCUT2D eigenvalue weighted by Crippen LogP contribution is 2.19. The summed E-state index contributed by atoms with van der Waals surface area (Å²) in [6.45, 7) is 8.42. The molecule has 172 valence electrons. The maximum atomic E-state index is 5.77. The first-order valence-corrected chi connectivity index (χ1v) is 11.7. The lowest BCUT2D eigenvalue weighted by molar-refractivity contribution is 0.133. The lowest BCUT2D eigenvalue weighted by Gasteiger charge is -2.36. The van der Waals surface area contributed by atoms with Crippen LogP contribution in [0.2, 0.25) is 0 Å². The van der Waals surface area contributed by atoms with Gasteiger partial charge in [-0.3, -0.25) is 4.99 Å². The Hall–Kier alpha value is -1.46. The van der Waals surface area contributed by atoms with E-state index in [0.29, 0.717) is 0 Å². The Kier molecular flexibility index (Phi) is 12.1. The molecule has 0 aliphatic carbocycles. The third kappa shape index (κ3) is 8.53. The molecule has 2 heterocycles. The first-order chi connectivity index (χ1) is 14.8. The van der Waals surface area contributed by atoms with Crippen molar-refractivity contribution < 1.29 is 4.74 Å². The Balaban J connectivity index is 0.00000341. The fraction of sp³-hybridized carbons (Fsp3) is 0.591. The number of benzene rings is 1. The van der Waals surface area contributed by atoms with Crippen molar-refractivity contribution in [1.29, 1.82) is 0 Å². The molecule has 9 heteroatoms. The molecular weight excluding hydrogens is 523 g/mol. The lowest BCUT2D eigenvalue weighted by Crippen LogP contribution is -2.52. The normalized spacial score (nSPS) is 14.5. The van der Waals surface area contributed by atoms with E-state index in [2.05, 4.69) is 60.7 Å². The second kappa shape index (κ2) is 14.6. The molecule has 2 aromatic rings. The molecule has 0 spiro atoms. The Labute approximate surface area is 207 Å². The quantitative estimate of drug-likeness (QED) is 0.209. The molecule has 0 bridgehead atoms. The predicted molar refractivity (Wildman–Crippen MR) is 140 cm³/mol. The first kappa shape index (κ1) is 25.8. The number of nitrogens with one attached hydrogen (secondary N) is 1. The largest absolute Gasteiger partial charge is 0.381 e. The van der Waals surface area contributed by atoms with Gasteiger partial charge < -0.3 is 19.9 Å². The van der Waals surface area contributed by atoms with Crippen LogP contribution in [0.3, 0.4) is 0 Å². The van der Waals surface area contributed by atoms with Crippen LogP contribution < -0.4 is 10.2 Å². The Morgan fingerprint density at radius 1 is 1.13 bits per heavy atom. The van der Waals surface area contributed by atoms with E-state index in [0.717, 1.165) is 88.5 Å². The highest BCUT2D eigenvalue weighted by atomic mass is 127. The van der Waals surface area contributed by atoms with Crippen LogP contribution in [0.1, 0.15) is 31.2 Å². The number of piperazine rings is 1. The highest BCUT2D eigenvalue weighted by molar-refractivity contribution is 14.0. The van der Waals surface area contributed by atoms with E-state index < -0.39 is 0 Å². The zero-order valence-corrected chi connectivity index (χ0v) is 21.8. The molecule has 0 atom stereocenters. The molecule has 1 saturated heterocycles. The Morgan fingerprint density at radius 2 is 1.90 bits per heavy atom. The molecule has 3 rings (SSSR count). The predicted octanol–water partition coefficient (Wildman–Crippen LogP) is 3.46. The molecule has 0 saturated carbocycles. The number of rotatable bonds is 10. The summed E-state index contributed by atoms with van der Waals surface area (Å²) >= 11 is 1.51. The molecule has 31 heavy (non-hydrogen) atoms. The summed E-state index contributed by atoms with van der Waals surface area (Å²) in [5.41, 5.74) is 1.33. The molecule has 0 radical (unpaired) electrons. The van der Waals surface area contributed by atoms with Crippen LogP contribution in [-0.4, -0.2) is 73.2 Å². The van der Waals surface area contributed by atoms with Crippen LogP contribution in [0.15, 0.2) is 35.3 Å². The van der Waals surface area contributed by atoms with Crippen LogP contribution in [0.4, 0.5) is 5.13 Å². The van der Waals surface area contributed by atoms with Gasteiger partial charge in [0.15, 0.2) is 5.96 Å². The molecule has 1 aromatic heterocycles. The number of ether oxygens (including phenoxy) is 1. The van der Waals surface area contributed by atoms with E-state index in [1.54, 1.807) is 0 Å². The highest BCUT2D eigenvalue weighted by Gasteiger charge is 2.21. The molecule has 1 aliphatic rings. The fourth-order valence-corrected chi connectivity index (χ4v) is 4.23. The van der Waals surface area contributed by atoms with Crippen molar-refractivity contribution in [2.75, 3.05) is 57.9 Å². The maximum absolute atomic E-state index is 5.77. The van der Waals surface area contributed by atoms with Gasteiger partial charge in [-0.05, 0) is 24.8 Å². The number of hydrogen-bond donors (Lipinski definition) is 1. The number of unbranched alkanes of at least 4 members (excludes halogenated alkanes) is 1. The number of guanidine groups is 1. The Bertz CT molecular complexity index is 764. The average Bonchev–Trinajstić information content (AvgIpc) is 3.28. The first-order valence-electron chi connectivity index (χ1n) is 10.9. The van der Waals surface area contributed by atoms with Gasteiger partial charge in [-0.25, -0.2) is 4.98 Å². The SMILES string of the molecule is CCc1nsc(N2CCN(C(=NC)NCCCCOCCc3ccccc3)CC2)n1.I. The van der Waals surface area contributed by atoms with E-state index in [1.165, 1.54) is 17.1 Å². The fourth-order valence-electron chi connectivity index (χ4n) is 3.42. The minimum absolute atomic E-state index is 0. The second-order valence-corrected chi connectivity index (χ2v) is 8.08. The molecule has 0 amide bonds. The van der Waals surface area contributed by atoms with Crippen molar-refractivity contribution in [3.63, 3.8) is 0 Å². The maximum Gasteiger partial charge on any atom is 0.205 e. The van der Waals surface area contributed by atoms with Gasteiger partial charge >= 0.3 is 0 Å². The number of halogens is 1. The van der Waals surface area contributed by atoms with Crippen LogP contribution in [0, 0.1) is 0 Å². The Morgan fingerprint density at radius 3 is 2.58 bits per heavy atom. The second-order valence-electron chi connectivity index (χ2n) is 7.35. The molecule has 1 fully saturated rings.